The summed E-state index contributed by atoms with van der Waals surface area (Å²) in [6, 6.07) is 1.91. The summed E-state index contributed by atoms with van der Waals surface area (Å²) in [5.74, 6) is 2.29. The highest BCUT2D eigenvalue weighted by molar-refractivity contribution is 5.74. The molecule has 0 amide bonds. The van der Waals surface area contributed by atoms with Crippen LogP contribution < -0.4 is 5.32 Å². The molecule has 33 heavy (non-hydrogen) atoms. The van der Waals surface area contributed by atoms with Crippen molar-refractivity contribution < 1.29 is 9.47 Å². The Balaban J connectivity index is 0.00000129. The van der Waals surface area contributed by atoms with Gasteiger partial charge in [-0.15, -0.1) is 6.58 Å². The van der Waals surface area contributed by atoms with Crippen LogP contribution in [0.25, 0.3) is 5.57 Å². The van der Waals surface area contributed by atoms with E-state index in [9.17, 15) is 0 Å². The van der Waals surface area contributed by atoms with E-state index in [1.165, 1.54) is 0 Å². The van der Waals surface area contributed by atoms with Crippen LogP contribution in [0.3, 0.4) is 0 Å². The van der Waals surface area contributed by atoms with Crippen LogP contribution in [-0.2, 0) is 9.47 Å². The van der Waals surface area contributed by atoms with Crippen molar-refractivity contribution in [3.05, 3.63) is 96.4 Å². The smallest absolute Gasteiger partial charge is 0.227 e. The number of nitrogens with one attached hydrogen (secondary N) is 1. The number of rotatable bonds is 9. The molecule has 0 aliphatic heterocycles. The Kier molecular flexibility index (Phi) is 14.5. The second kappa shape index (κ2) is 17.2. The fourth-order valence-electron chi connectivity index (χ4n) is 2.85. The molecule has 5 heteroatoms. The first kappa shape index (κ1) is 27.7. The van der Waals surface area contributed by atoms with Crippen LogP contribution >= 0.6 is 0 Å². The molecule has 5 nitrogen and oxygen atoms in total. The van der Waals surface area contributed by atoms with Gasteiger partial charge >= 0.3 is 0 Å². The van der Waals surface area contributed by atoms with E-state index in [2.05, 4.69) is 40.1 Å². The van der Waals surface area contributed by atoms with Gasteiger partial charge < -0.3 is 14.8 Å². The number of ether oxygens (including phenoxy) is 2. The van der Waals surface area contributed by atoms with E-state index in [1.54, 1.807) is 6.20 Å². The lowest BCUT2D eigenvalue weighted by Gasteiger charge is -2.10. The van der Waals surface area contributed by atoms with Crippen LogP contribution in [0, 0.1) is 0 Å². The highest BCUT2D eigenvalue weighted by atomic mass is 16.5. The molecule has 0 atom stereocenters. The van der Waals surface area contributed by atoms with E-state index in [0.717, 1.165) is 41.3 Å². The van der Waals surface area contributed by atoms with Crippen molar-refractivity contribution in [1.29, 1.82) is 0 Å². The minimum absolute atomic E-state index is 0.562. The maximum Gasteiger partial charge on any atom is 0.227 e. The minimum atomic E-state index is 0.562. The molecule has 0 unspecified atom stereocenters. The summed E-state index contributed by atoms with van der Waals surface area (Å²) in [5.41, 5.74) is 2.85. The maximum absolute atomic E-state index is 5.72. The van der Waals surface area contributed by atoms with Gasteiger partial charge in [0.2, 0.25) is 5.95 Å². The molecule has 0 radical (unpaired) electrons. The largest absolute Gasteiger partial charge is 0.494 e. The van der Waals surface area contributed by atoms with Gasteiger partial charge in [0.15, 0.2) is 0 Å². The van der Waals surface area contributed by atoms with Gasteiger partial charge in [-0.3, -0.25) is 0 Å². The first-order valence-electron chi connectivity index (χ1n) is 11.9. The lowest BCUT2D eigenvalue weighted by Crippen LogP contribution is -2.04. The molecular weight excluding hydrogens is 410 g/mol. The van der Waals surface area contributed by atoms with Gasteiger partial charge in [-0.2, -0.15) is 0 Å². The molecule has 1 aromatic rings. The zero-order chi connectivity index (χ0) is 24.3. The highest BCUT2D eigenvalue weighted by Gasteiger charge is 2.08. The van der Waals surface area contributed by atoms with Gasteiger partial charge in [0.05, 0.1) is 18.9 Å². The first-order chi connectivity index (χ1) is 16.3. The average molecular weight is 450 g/mol. The third-order valence-electron chi connectivity index (χ3n) is 4.26. The van der Waals surface area contributed by atoms with Gasteiger partial charge in [-0.25, -0.2) is 9.97 Å². The molecule has 178 valence electrons. The molecule has 1 aromatic heterocycles. The fraction of sp³-hybridized carbons (Fsp3) is 0.357. The summed E-state index contributed by atoms with van der Waals surface area (Å²) in [6.45, 7) is 15.0. The Morgan fingerprint density at radius 2 is 1.91 bits per heavy atom. The van der Waals surface area contributed by atoms with Crippen molar-refractivity contribution in [2.24, 2.45) is 0 Å². The predicted molar refractivity (Wildman–Crippen MR) is 140 cm³/mol. The van der Waals surface area contributed by atoms with Crippen LogP contribution in [0.4, 0.5) is 5.95 Å². The third-order valence-corrected chi connectivity index (χ3v) is 4.26. The Bertz CT molecular complexity index is 905. The summed E-state index contributed by atoms with van der Waals surface area (Å²) >= 11 is 0. The van der Waals surface area contributed by atoms with Crippen molar-refractivity contribution >= 4 is 11.5 Å². The second-order valence-electron chi connectivity index (χ2n) is 6.46. The fourth-order valence-corrected chi connectivity index (χ4v) is 2.85. The molecule has 0 bridgehead atoms. The van der Waals surface area contributed by atoms with Crippen molar-refractivity contribution in [2.75, 3.05) is 18.5 Å². The number of anilines is 1. The van der Waals surface area contributed by atoms with Crippen molar-refractivity contribution in [1.82, 2.24) is 9.97 Å². The zero-order valence-electron chi connectivity index (χ0n) is 20.8. The predicted octanol–water partition coefficient (Wildman–Crippen LogP) is 7.53. The molecule has 0 saturated heterocycles. The Hall–Kier alpha value is -3.34. The maximum atomic E-state index is 5.72. The normalized spacial score (nSPS) is 14.3. The molecule has 1 heterocycles. The Labute approximate surface area is 200 Å². The van der Waals surface area contributed by atoms with Gasteiger partial charge in [0.1, 0.15) is 11.5 Å². The molecule has 0 aromatic carbocycles. The molecule has 0 spiro atoms. The van der Waals surface area contributed by atoms with Crippen LogP contribution in [0.5, 0.6) is 0 Å². The van der Waals surface area contributed by atoms with E-state index in [4.69, 9.17) is 9.47 Å². The second-order valence-corrected chi connectivity index (χ2v) is 6.46. The number of hydrogen-bond acceptors (Lipinski definition) is 5. The molecule has 2 aliphatic carbocycles. The SMILES string of the molecule is C=CCCOC1=CCC(Nc2nccc(C3=CC(OCC)=CCC=C3)n2)=CC=C1.CC.CC. The van der Waals surface area contributed by atoms with Crippen molar-refractivity contribution in [2.45, 2.75) is 53.9 Å². The highest BCUT2D eigenvalue weighted by Crippen LogP contribution is 2.22. The van der Waals surface area contributed by atoms with E-state index >= 15 is 0 Å². The van der Waals surface area contributed by atoms with Gasteiger partial charge in [0, 0.05) is 23.9 Å². The molecule has 2 aliphatic rings. The van der Waals surface area contributed by atoms with Crippen LogP contribution in [0.1, 0.15) is 59.6 Å². The molecule has 0 fully saturated rings. The topological polar surface area (TPSA) is 56.3 Å². The average Bonchev–Trinajstić information content (AvgIpc) is 3.23. The van der Waals surface area contributed by atoms with Crippen molar-refractivity contribution in [3.8, 4) is 0 Å². The van der Waals surface area contributed by atoms with Gasteiger partial charge in [0.25, 0.3) is 0 Å². The Morgan fingerprint density at radius 3 is 2.67 bits per heavy atom. The number of aromatic nitrogens is 2. The first-order valence-corrected chi connectivity index (χ1v) is 11.9. The zero-order valence-corrected chi connectivity index (χ0v) is 20.8. The van der Waals surface area contributed by atoms with Gasteiger partial charge in [-0.05, 0) is 56.2 Å². The monoisotopic (exact) mass is 449 g/mol. The standard InChI is InChI=1S/C24H27N3O2.2C2H6/c1-3-5-17-29-21-12-8-10-20(13-14-21)26-24-25-16-15-23(27-24)19-9-6-7-11-22(18-19)28-4-2;2*1-2/h3,6,8-12,14-16,18H,1,4-5,7,13,17H2,2H3,(H,25,26,27);2*1-2H3. The number of allylic oxidation sites excluding steroid dienone is 9. The summed E-state index contributed by atoms with van der Waals surface area (Å²) < 4.78 is 11.4. The van der Waals surface area contributed by atoms with Crippen LogP contribution in [0.2, 0.25) is 0 Å². The van der Waals surface area contributed by atoms with E-state index in [-0.39, 0.29) is 0 Å². The number of hydrogen-bond donors (Lipinski definition) is 1. The van der Waals surface area contributed by atoms with Crippen LogP contribution in [0.15, 0.2) is 90.7 Å². The third kappa shape index (κ3) is 10.2. The summed E-state index contributed by atoms with van der Waals surface area (Å²) in [4.78, 5) is 9.05. The van der Waals surface area contributed by atoms with E-state index in [1.807, 2.05) is 77.1 Å². The number of nitrogens with zero attached hydrogens (tertiary/aromatic N) is 2. The van der Waals surface area contributed by atoms with E-state index < -0.39 is 0 Å². The summed E-state index contributed by atoms with van der Waals surface area (Å²) in [7, 11) is 0. The molecule has 1 N–H and O–H groups in total. The molecule has 3 rings (SSSR count). The summed E-state index contributed by atoms with van der Waals surface area (Å²) in [5, 5.41) is 3.31. The lowest BCUT2D eigenvalue weighted by molar-refractivity contribution is 0.229. The van der Waals surface area contributed by atoms with E-state index in [0.29, 0.717) is 25.6 Å². The summed E-state index contributed by atoms with van der Waals surface area (Å²) in [6.07, 6.45) is 22.2. The Morgan fingerprint density at radius 1 is 1.09 bits per heavy atom. The lowest BCUT2D eigenvalue weighted by atomic mass is 10.1. The molecular formula is C28H39N3O2. The van der Waals surface area contributed by atoms with Crippen molar-refractivity contribution in [3.63, 3.8) is 0 Å². The minimum Gasteiger partial charge on any atom is -0.494 e. The van der Waals surface area contributed by atoms with Gasteiger partial charge in [-0.1, -0.05) is 52.0 Å². The van der Waals surface area contributed by atoms with Crippen LogP contribution in [-0.4, -0.2) is 23.2 Å². The molecule has 0 saturated carbocycles. The quantitative estimate of drug-likeness (QED) is 0.312.